The van der Waals surface area contributed by atoms with E-state index in [4.69, 9.17) is 9.26 Å². The summed E-state index contributed by atoms with van der Waals surface area (Å²) in [4.78, 5) is 27.2. The van der Waals surface area contributed by atoms with Crippen molar-refractivity contribution < 1.29 is 24.0 Å². The average molecular weight is 469 g/mol. The Labute approximate surface area is 180 Å². The molecular weight excluding hydrogens is 452 g/mol. The third kappa shape index (κ3) is 3.39. The maximum Gasteiger partial charge on any atom is 0.301 e. The number of carbonyl (C=O) groups excluding carboxylic acids is 2. The lowest BCUT2D eigenvalue weighted by Gasteiger charge is -2.22. The van der Waals surface area contributed by atoms with Crippen LogP contribution in [-0.2, 0) is 9.59 Å². The molecule has 2 heterocycles. The number of benzene rings is 2. The van der Waals surface area contributed by atoms with Crippen LogP contribution in [0.25, 0.3) is 5.76 Å². The van der Waals surface area contributed by atoms with E-state index in [1.54, 1.807) is 61.5 Å². The Hall–Kier alpha value is -3.39. The van der Waals surface area contributed by atoms with E-state index in [0.717, 1.165) is 4.47 Å². The van der Waals surface area contributed by atoms with Crippen molar-refractivity contribution in [3.8, 4) is 5.75 Å². The minimum Gasteiger partial charge on any atom is -0.507 e. The first-order valence-corrected chi connectivity index (χ1v) is 9.84. The standard InChI is InChI=1S/C22H17BrN2O5/c1-12-11-17(24-30-12)25-19(13-3-7-15(23)8-4-13)18(21(27)22(25)28)20(26)14-5-9-16(29-2)10-6-14/h3-11,19,26H,1-2H3/b20-18-. The van der Waals surface area contributed by atoms with Crippen molar-refractivity contribution in [3.05, 3.63) is 81.5 Å². The summed E-state index contributed by atoms with van der Waals surface area (Å²) in [6, 6.07) is 14.5. The fourth-order valence-corrected chi connectivity index (χ4v) is 3.66. The third-order valence-corrected chi connectivity index (χ3v) is 5.38. The number of aryl methyl sites for hydroxylation is 1. The van der Waals surface area contributed by atoms with Crippen LogP contribution in [-0.4, -0.2) is 29.1 Å². The van der Waals surface area contributed by atoms with Crippen molar-refractivity contribution in [1.29, 1.82) is 0 Å². The number of anilines is 1. The normalized spacial score (nSPS) is 18.1. The number of ketones is 1. The lowest BCUT2D eigenvalue weighted by molar-refractivity contribution is -0.132. The predicted octanol–water partition coefficient (Wildman–Crippen LogP) is 4.38. The molecule has 4 rings (SSSR count). The van der Waals surface area contributed by atoms with Crippen LogP contribution in [0.3, 0.4) is 0 Å². The quantitative estimate of drug-likeness (QED) is 0.347. The molecule has 3 aromatic rings. The predicted molar refractivity (Wildman–Crippen MR) is 113 cm³/mol. The van der Waals surface area contributed by atoms with Crippen molar-refractivity contribution in [2.45, 2.75) is 13.0 Å². The van der Waals surface area contributed by atoms with Gasteiger partial charge in [0.1, 0.15) is 17.3 Å². The number of hydrogen-bond donors (Lipinski definition) is 1. The SMILES string of the molecule is COc1ccc(/C(O)=C2/C(=O)C(=O)N(c3cc(C)on3)C2c2ccc(Br)cc2)cc1. The lowest BCUT2D eigenvalue weighted by Crippen LogP contribution is -2.29. The smallest absolute Gasteiger partial charge is 0.301 e. The fourth-order valence-electron chi connectivity index (χ4n) is 3.40. The van der Waals surface area contributed by atoms with Crippen LogP contribution in [0.15, 0.2) is 69.2 Å². The van der Waals surface area contributed by atoms with E-state index in [0.29, 0.717) is 22.6 Å². The van der Waals surface area contributed by atoms with E-state index in [1.165, 1.54) is 12.0 Å². The first-order chi connectivity index (χ1) is 14.4. The zero-order valence-corrected chi connectivity index (χ0v) is 17.7. The molecule has 8 heteroatoms. The summed E-state index contributed by atoms with van der Waals surface area (Å²) in [5.74, 6) is -0.544. The second-order valence-electron chi connectivity index (χ2n) is 6.74. The highest BCUT2D eigenvalue weighted by Gasteiger charge is 2.48. The number of aromatic nitrogens is 1. The van der Waals surface area contributed by atoms with E-state index in [1.807, 2.05) is 0 Å². The van der Waals surface area contributed by atoms with Gasteiger partial charge >= 0.3 is 5.91 Å². The van der Waals surface area contributed by atoms with E-state index in [9.17, 15) is 14.7 Å². The number of rotatable bonds is 4. The van der Waals surface area contributed by atoms with Crippen molar-refractivity contribution in [2.24, 2.45) is 0 Å². The molecule has 2 aromatic carbocycles. The Morgan fingerprint density at radius 1 is 1.13 bits per heavy atom. The van der Waals surface area contributed by atoms with Crippen LogP contribution in [0.4, 0.5) is 5.82 Å². The molecule has 0 spiro atoms. The van der Waals surface area contributed by atoms with Crippen LogP contribution in [0.1, 0.15) is 22.9 Å². The number of amides is 1. The number of aliphatic hydroxyl groups is 1. The van der Waals surface area contributed by atoms with E-state index < -0.39 is 17.7 Å². The molecule has 0 bridgehead atoms. The second-order valence-corrected chi connectivity index (χ2v) is 7.66. The average Bonchev–Trinajstić information content (AvgIpc) is 3.29. The molecular formula is C22H17BrN2O5. The molecule has 1 aromatic heterocycles. The number of carbonyl (C=O) groups is 2. The summed E-state index contributed by atoms with van der Waals surface area (Å²) >= 11 is 3.39. The Morgan fingerprint density at radius 3 is 2.37 bits per heavy atom. The summed E-state index contributed by atoms with van der Waals surface area (Å²) in [6.45, 7) is 1.69. The molecule has 1 atom stereocenters. The molecule has 1 aliphatic heterocycles. The Balaban J connectivity index is 1.91. The number of aliphatic hydroxyl groups excluding tert-OH is 1. The molecule has 1 aliphatic rings. The van der Waals surface area contributed by atoms with Gasteiger partial charge in [0.25, 0.3) is 5.78 Å². The highest BCUT2D eigenvalue weighted by Crippen LogP contribution is 2.42. The summed E-state index contributed by atoms with van der Waals surface area (Å²) in [5.41, 5.74) is 1.02. The number of halogens is 1. The van der Waals surface area contributed by atoms with Crippen LogP contribution in [0.5, 0.6) is 5.75 Å². The molecule has 0 aliphatic carbocycles. The monoisotopic (exact) mass is 468 g/mol. The minimum atomic E-state index is -0.857. The number of nitrogens with zero attached hydrogens (tertiary/aromatic N) is 2. The summed E-state index contributed by atoms with van der Waals surface area (Å²) in [6.07, 6.45) is 0. The molecule has 152 valence electrons. The van der Waals surface area contributed by atoms with Gasteiger partial charge in [-0.3, -0.25) is 14.5 Å². The van der Waals surface area contributed by atoms with Gasteiger partial charge in [0.05, 0.1) is 18.7 Å². The second kappa shape index (κ2) is 7.79. The van der Waals surface area contributed by atoms with Crippen molar-refractivity contribution in [1.82, 2.24) is 5.16 Å². The first kappa shape index (κ1) is 19.9. The summed E-state index contributed by atoms with van der Waals surface area (Å²) in [7, 11) is 1.54. The first-order valence-electron chi connectivity index (χ1n) is 9.05. The van der Waals surface area contributed by atoms with Gasteiger partial charge in [0.15, 0.2) is 5.82 Å². The van der Waals surface area contributed by atoms with Gasteiger partial charge in [-0.25, -0.2) is 0 Å². The van der Waals surface area contributed by atoms with Gasteiger partial charge < -0.3 is 14.4 Å². The van der Waals surface area contributed by atoms with Crippen LogP contribution in [0.2, 0.25) is 0 Å². The molecule has 1 N–H and O–H groups in total. The summed E-state index contributed by atoms with van der Waals surface area (Å²) in [5, 5.41) is 14.9. The van der Waals surface area contributed by atoms with Crippen molar-refractivity contribution >= 4 is 39.2 Å². The molecule has 30 heavy (non-hydrogen) atoms. The van der Waals surface area contributed by atoms with Crippen molar-refractivity contribution in [3.63, 3.8) is 0 Å². The zero-order chi connectivity index (χ0) is 21.4. The molecule has 1 amide bonds. The van der Waals surface area contributed by atoms with Crippen LogP contribution in [0, 0.1) is 6.92 Å². The Morgan fingerprint density at radius 2 is 1.80 bits per heavy atom. The minimum absolute atomic E-state index is 0.0202. The number of methoxy groups -OCH3 is 1. The van der Waals surface area contributed by atoms with E-state index >= 15 is 0 Å². The van der Waals surface area contributed by atoms with Crippen LogP contribution >= 0.6 is 15.9 Å². The van der Waals surface area contributed by atoms with E-state index in [2.05, 4.69) is 21.1 Å². The highest BCUT2D eigenvalue weighted by molar-refractivity contribution is 9.10. The molecule has 0 radical (unpaired) electrons. The Bertz CT molecular complexity index is 1150. The maximum atomic E-state index is 13.0. The van der Waals surface area contributed by atoms with Crippen molar-refractivity contribution in [2.75, 3.05) is 12.0 Å². The molecule has 0 saturated carbocycles. The fraction of sp³-hybridized carbons (Fsp3) is 0.136. The Kier molecular flexibility index (Phi) is 5.17. The maximum absolute atomic E-state index is 13.0. The van der Waals surface area contributed by atoms with E-state index in [-0.39, 0.29) is 17.2 Å². The van der Waals surface area contributed by atoms with Gasteiger partial charge in [-0.15, -0.1) is 0 Å². The van der Waals surface area contributed by atoms with Gasteiger partial charge in [-0.1, -0.05) is 33.2 Å². The molecule has 1 saturated heterocycles. The van der Waals surface area contributed by atoms with Gasteiger partial charge in [0, 0.05) is 16.1 Å². The van der Waals surface area contributed by atoms with Gasteiger partial charge in [-0.05, 0) is 48.9 Å². The molecule has 1 unspecified atom stereocenters. The lowest BCUT2D eigenvalue weighted by atomic mass is 9.95. The number of Topliss-reactive ketones (excluding diaryl/α,β-unsaturated/α-hetero) is 1. The topological polar surface area (TPSA) is 92.9 Å². The van der Waals surface area contributed by atoms with Crippen LogP contribution < -0.4 is 9.64 Å². The number of hydrogen-bond acceptors (Lipinski definition) is 6. The van der Waals surface area contributed by atoms with Gasteiger partial charge in [0.2, 0.25) is 0 Å². The molecule has 7 nitrogen and oxygen atoms in total. The van der Waals surface area contributed by atoms with Gasteiger partial charge in [-0.2, -0.15) is 0 Å². The number of ether oxygens (including phenoxy) is 1. The molecule has 1 fully saturated rings. The largest absolute Gasteiger partial charge is 0.507 e. The third-order valence-electron chi connectivity index (χ3n) is 4.86. The zero-order valence-electron chi connectivity index (χ0n) is 16.1. The highest BCUT2D eigenvalue weighted by atomic mass is 79.9. The summed E-state index contributed by atoms with van der Waals surface area (Å²) < 4.78 is 11.1.